The molecule has 3 N–H and O–H groups in total. The molecule has 1 aromatic carbocycles. The minimum Gasteiger partial charge on any atom is -0.370 e. The summed E-state index contributed by atoms with van der Waals surface area (Å²) in [7, 11) is 0. The number of amides is 1. The molecule has 0 aliphatic carbocycles. The number of rotatable bonds is 7. The predicted molar refractivity (Wildman–Crippen MR) is 67.4 cm³/mol. The van der Waals surface area contributed by atoms with Crippen molar-refractivity contribution in [3.63, 3.8) is 0 Å². The maximum Gasteiger partial charge on any atom is 0.246 e. The first-order valence-corrected chi connectivity index (χ1v) is 5.86. The summed E-state index contributed by atoms with van der Waals surface area (Å²) < 4.78 is 5.20. The molecule has 0 aromatic heterocycles. The number of benzene rings is 1. The Morgan fingerprint density at radius 1 is 1.41 bits per heavy atom. The second-order valence-electron chi connectivity index (χ2n) is 3.95. The molecule has 1 atom stereocenters. The fourth-order valence-corrected chi connectivity index (χ4v) is 1.27. The van der Waals surface area contributed by atoms with E-state index in [1.54, 1.807) is 0 Å². The maximum atomic E-state index is 11.4. The van der Waals surface area contributed by atoms with Crippen molar-refractivity contribution in [2.75, 3.05) is 13.2 Å². The van der Waals surface area contributed by atoms with E-state index < -0.39 is 0 Å². The van der Waals surface area contributed by atoms with E-state index in [9.17, 15) is 4.79 Å². The van der Waals surface area contributed by atoms with Crippen LogP contribution in [0.25, 0.3) is 0 Å². The SMILES string of the molecule is CCC(N)COCC(=O)NCc1ccccc1. The third-order valence-electron chi connectivity index (χ3n) is 2.42. The largest absolute Gasteiger partial charge is 0.370 e. The van der Waals surface area contributed by atoms with E-state index in [1.807, 2.05) is 37.3 Å². The molecule has 0 fully saturated rings. The summed E-state index contributed by atoms with van der Waals surface area (Å²) in [5, 5.41) is 2.79. The first-order chi connectivity index (χ1) is 8.22. The molecule has 1 unspecified atom stereocenters. The Labute approximate surface area is 102 Å². The zero-order valence-electron chi connectivity index (χ0n) is 10.2. The van der Waals surface area contributed by atoms with Crippen molar-refractivity contribution in [3.05, 3.63) is 35.9 Å². The molecule has 4 nitrogen and oxygen atoms in total. The Morgan fingerprint density at radius 3 is 2.76 bits per heavy atom. The van der Waals surface area contributed by atoms with Gasteiger partial charge in [0.1, 0.15) is 6.61 Å². The third kappa shape index (κ3) is 6.04. The summed E-state index contributed by atoms with van der Waals surface area (Å²) in [5.41, 5.74) is 6.74. The molecule has 94 valence electrons. The molecule has 0 aliphatic heterocycles. The lowest BCUT2D eigenvalue weighted by Crippen LogP contribution is -2.31. The summed E-state index contributed by atoms with van der Waals surface area (Å²) >= 11 is 0. The summed E-state index contributed by atoms with van der Waals surface area (Å²) in [6.45, 7) is 3.02. The van der Waals surface area contributed by atoms with Gasteiger partial charge in [-0.05, 0) is 12.0 Å². The predicted octanol–water partition coefficient (Wildman–Crippen LogP) is 1.06. The number of nitrogens with two attached hydrogens (primary N) is 1. The Kier molecular flexibility index (Phi) is 6.29. The Balaban J connectivity index is 2.13. The van der Waals surface area contributed by atoms with Crippen LogP contribution in [0.4, 0.5) is 0 Å². The van der Waals surface area contributed by atoms with Crippen molar-refractivity contribution >= 4 is 5.91 Å². The average Bonchev–Trinajstić information content (AvgIpc) is 2.37. The number of hydrogen-bond donors (Lipinski definition) is 2. The minimum absolute atomic E-state index is 0.0110. The normalized spacial score (nSPS) is 12.1. The lowest BCUT2D eigenvalue weighted by Gasteiger charge is -2.09. The molecule has 4 heteroatoms. The lowest BCUT2D eigenvalue weighted by atomic mass is 10.2. The van der Waals surface area contributed by atoms with Crippen LogP contribution >= 0.6 is 0 Å². The molecule has 1 rings (SSSR count). The quantitative estimate of drug-likeness (QED) is 0.744. The van der Waals surface area contributed by atoms with Gasteiger partial charge in [0.2, 0.25) is 5.91 Å². The van der Waals surface area contributed by atoms with Gasteiger partial charge in [-0.15, -0.1) is 0 Å². The number of carbonyl (C=O) groups excluding carboxylic acids is 1. The zero-order valence-corrected chi connectivity index (χ0v) is 10.2. The molecule has 0 saturated carbocycles. The summed E-state index contributed by atoms with van der Waals surface area (Å²) in [6.07, 6.45) is 0.853. The van der Waals surface area contributed by atoms with E-state index in [-0.39, 0.29) is 18.6 Å². The van der Waals surface area contributed by atoms with Gasteiger partial charge in [-0.3, -0.25) is 4.79 Å². The Hall–Kier alpha value is -1.39. The van der Waals surface area contributed by atoms with Crippen LogP contribution in [0.5, 0.6) is 0 Å². The van der Waals surface area contributed by atoms with Gasteiger partial charge in [-0.2, -0.15) is 0 Å². The Morgan fingerprint density at radius 2 is 2.12 bits per heavy atom. The van der Waals surface area contributed by atoms with Crippen molar-refractivity contribution < 1.29 is 9.53 Å². The number of carbonyl (C=O) groups is 1. The van der Waals surface area contributed by atoms with E-state index in [2.05, 4.69) is 5.32 Å². The van der Waals surface area contributed by atoms with Crippen molar-refractivity contribution in [1.29, 1.82) is 0 Å². The van der Waals surface area contributed by atoms with Gasteiger partial charge in [0, 0.05) is 12.6 Å². The van der Waals surface area contributed by atoms with Crippen LogP contribution in [-0.2, 0) is 16.1 Å². The molecule has 0 spiro atoms. The van der Waals surface area contributed by atoms with Crippen LogP contribution in [0.1, 0.15) is 18.9 Å². The van der Waals surface area contributed by atoms with E-state index in [1.165, 1.54) is 0 Å². The molecule has 0 saturated heterocycles. The molecular weight excluding hydrogens is 216 g/mol. The maximum absolute atomic E-state index is 11.4. The highest BCUT2D eigenvalue weighted by Crippen LogP contribution is 1.97. The number of ether oxygens (including phenoxy) is 1. The minimum atomic E-state index is -0.114. The summed E-state index contributed by atoms with van der Waals surface area (Å²) in [6, 6.07) is 9.77. The van der Waals surface area contributed by atoms with Gasteiger partial charge in [0.25, 0.3) is 0 Å². The van der Waals surface area contributed by atoms with Crippen molar-refractivity contribution in [2.45, 2.75) is 25.9 Å². The van der Waals surface area contributed by atoms with Crippen molar-refractivity contribution in [3.8, 4) is 0 Å². The second-order valence-corrected chi connectivity index (χ2v) is 3.95. The molecule has 1 aromatic rings. The van der Waals surface area contributed by atoms with Crippen LogP contribution < -0.4 is 11.1 Å². The van der Waals surface area contributed by atoms with Gasteiger partial charge in [-0.1, -0.05) is 37.3 Å². The van der Waals surface area contributed by atoms with E-state index in [4.69, 9.17) is 10.5 Å². The molecule has 1 amide bonds. The molecule has 0 radical (unpaired) electrons. The first kappa shape index (κ1) is 13.7. The standard InChI is InChI=1S/C13H20N2O2/c1-2-12(14)9-17-10-13(16)15-8-11-6-4-3-5-7-11/h3-7,12H,2,8-10,14H2,1H3,(H,15,16). The van der Waals surface area contributed by atoms with Gasteiger partial charge in [0.05, 0.1) is 6.61 Å². The molecular formula is C13H20N2O2. The second kappa shape index (κ2) is 7.81. The van der Waals surface area contributed by atoms with Gasteiger partial charge in [-0.25, -0.2) is 0 Å². The van der Waals surface area contributed by atoms with Gasteiger partial charge in [0.15, 0.2) is 0 Å². The van der Waals surface area contributed by atoms with Gasteiger partial charge < -0.3 is 15.8 Å². The number of nitrogens with one attached hydrogen (secondary N) is 1. The fourth-order valence-electron chi connectivity index (χ4n) is 1.27. The highest BCUT2D eigenvalue weighted by Gasteiger charge is 2.03. The molecule has 0 heterocycles. The van der Waals surface area contributed by atoms with Crippen molar-refractivity contribution in [2.24, 2.45) is 5.73 Å². The van der Waals surface area contributed by atoms with E-state index in [0.29, 0.717) is 13.2 Å². The average molecular weight is 236 g/mol. The molecule has 0 aliphatic rings. The van der Waals surface area contributed by atoms with Crippen molar-refractivity contribution in [1.82, 2.24) is 5.32 Å². The van der Waals surface area contributed by atoms with Crippen LogP contribution in [0.2, 0.25) is 0 Å². The van der Waals surface area contributed by atoms with Crippen LogP contribution in [-0.4, -0.2) is 25.2 Å². The third-order valence-corrected chi connectivity index (χ3v) is 2.42. The Bertz CT molecular complexity index is 327. The summed E-state index contributed by atoms with van der Waals surface area (Å²) in [5.74, 6) is -0.114. The topological polar surface area (TPSA) is 64.3 Å². The first-order valence-electron chi connectivity index (χ1n) is 5.86. The summed E-state index contributed by atoms with van der Waals surface area (Å²) in [4.78, 5) is 11.4. The smallest absolute Gasteiger partial charge is 0.246 e. The van der Waals surface area contributed by atoms with E-state index in [0.717, 1.165) is 12.0 Å². The zero-order chi connectivity index (χ0) is 12.5. The lowest BCUT2D eigenvalue weighted by molar-refractivity contribution is -0.126. The number of hydrogen-bond acceptors (Lipinski definition) is 3. The highest BCUT2D eigenvalue weighted by molar-refractivity contribution is 5.77. The van der Waals surface area contributed by atoms with Crippen LogP contribution in [0.3, 0.4) is 0 Å². The molecule has 0 bridgehead atoms. The molecule has 17 heavy (non-hydrogen) atoms. The van der Waals surface area contributed by atoms with E-state index >= 15 is 0 Å². The fraction of sp³-hybridized carbons (Fsp3) is 0.462. The van der Waals surface area contributed by atoms with Gasteiger partial charge >= 0.3 is 0 Å². The monoisotopic (exact) mass is 236 g/mol. The van der Waals surface area contributed by atoms with Crippen LogP contribution in [0, 0.1) is 0 Å². The highest BCUT2D eigenvalue weighted by atomic mass is 16.5. The van der Waals surface area contributed by atoms with Crippen LogP contribution in [0.15, 0.2) is 30.3 Å².